The van der Waals surface area contributed by atoms with Crippen LogP contribution in [0.25, 0.3) is 0 Å². The number of anilines is 2. The zero-order valence-electron chi connectivity index (χ0n) is 14.3. The molecular weight excluding hydrogens is 352 g/mol. The van der Waals surface area contributed by atoms with Gasteiger partial charge in [-0.3, -0.25) is 4.68 Å². The van der Waals surface area contributed by atoms with Gasteiger partial charge in [0, 0.05) is 12.1 Å². The Labute approximate surface area is 146 Å². The van der Waals surface area contributed by atoms with E-state index in [4.69, 9.17) is 0 Å². The average molecular weight is 368 g/mol. The number of halogens is 4. The summed E-state index contributed by atoms with van der Waals surface area (Å²) in [6.07, 6.45) is -3.73. The number of aromatic nitrogens is 4. The molecule has 0 bridgehead atoms. The molecule has 2 heterocycles. The van der Waals surface area contributed by atoms with E-state index in [1.54, 1.807) is 27.0 Å². The maximum atomic E-state index is 13.3. The predicted octanol–water partition coefficient (Wildman–Crippen LogP) is 3.83. The van der Waals surface area contributed by atoms with E-state index >= 15 is 0 Å². The predicted molar refractivity (Wildman–Crippen MR) is 84.5 cm³/mol. The summed E-state index contributed by atoms with van der Waals surface area (Å²) in [5, 5.41) is 16.2. The molecule has 2 aromatic rings. The van der Waals surface area contributed by atoms with Gasteiger partial charge < -0.3 is 5.32 Å². The van der Waals surface area contributed by atoms with Crippen LogP contribution in [0.3, 0.4) is 0 Å². The third-order valence-electron chi connectivity index (χ3n) is 4.18. The van der Waals surface area contributed by atoms with Gasteiger partial charge in [0.15, 0.2) is 0 Å². The fourth-order valence-corrected chi connectivity index (χ4v) is 2.44. The highest BCUT2D eigenvalue weighted by atomic mass is 19.4. The van der Waals surface area contributed by atoms with Crippen LogP contribution in [0, 0.1) is 18.3 Å². The zero-order chi connectivity index (χ0) is 19.3. The van der Waals surface area contributed by atoms with Crippen LogP contribution in [0.4, 0.5) is 29.2 Å². The van der Waals surface area contributed by atoms with Crippen LogP contribution in [-0.2, 0) is 11.7 Å². The van der Waals surface area contributed by atoms with Gasteiger partial charge >= 0.3 is 6.18 Å². The van der Waals surface area contributed by atoms with Crippen LogP contribution in [0.15, 0.2) is 12.4 Å². The van der Waals surface area contributed by atoms with Crippen molar-refractivity contribution in [3.63, 3.8) is 0 Å². The largest absolute Gasteiger partial charge is 0.419 e. The highest BCUT2D eigenvalue weighted by Crippen LogP contribution is 2.47. The minimum absolute atomic E-state index is 0.0207. The van der Waals surface area contributed by atoms with Crippen molar-refractivity contribution in [2.45, 2.75) is 51.0 Å². The van der Waals surface area contributed by atoms with E-state index < -0.39 is 29.4 Å². The first-order valence-electron chi connectivity index (χ1n) is 7.86. The Bertz CT molecular complexity index is 880. The summed E-state index contributed by atoms with van der Waals surface area (Å²) >= 11 is 0. The maximum Gasteiger partial charge on any atom is 0.419 e. The number of rotatable bonds is 4. The smallest absolute Gasteiger partial charge is 0.321 e. The van der Waals surface area contributed by atoms with Gasteiger partial charge in [-0.1, -0.05) is 0 Å². The monoisotopic (exact) mass is 368 g/mol. The lowest BCUT2D eigenvalue weighted by Crippen LogP contribution is -2.24. The molecule has 1 aliphatic carbocycles. The molecule has 0 aromatic carbocycles. The molecule has 0 saturated heterocycles. The Kier molecular flexibility index (Phi) is 4.13. The molecule has 3 rings (SSSR count). The highest BCUT2D eigenvalue weighted by Gasteiger charge is 2.46. The number of hydrogen-bond donors (Lipinski definition) is 1. The summed E-state index contributed by atoms with van der Waals surface area (Å²) in [4.78, 5) is 7.60. The van der Waals surface area contributed by atoms with E-state index in [-0.39, 0.29) is 18.1 Å². The number of aryl methyl sites for hydroxylation is 1. The molecule has 2 aromatic heterocycles. The molecule has 0 spiro atoms. The third kappa shape index (κ3) is 3.34. The van der Waals surface area contributed by atoms with E-state index in [9.17, 15) is 22.8 Å². The lowest BCUT2D eigenvalue weighted by Gasteiger charge is -2.15. The SMILES string of the molecule is Cc1nn(C(C)(C)C#N)cc1Nc1ncc(C(F)(F)F)c([C@@H]2C[C@H]2F)n1. The number of alkyl halides is 4. The Morgan fingerprint density at radius 2 is 2.00 bits per heavy atom. The molecule has 1 saturated carbocycles. The van der Waals surface area contributed by atoms with Crippen LogP contribution in [0.5, 0.6) is 0 Å². The minimum atomic E-state index is -4.65. The van der Waals surface area contributed by atoms with E-state index in [1.165, 1.54) is 4.68 Å². The Hall–Kier alpha value is -2.70. The van der Waals surface area contributed by atoms with Crippen molar-refractivity contribution in [3.8, 4) is 6.07 Å². The van der Waals surface area contributed by atoms with Crippen LogP contribution in [0.1, 0.15) is 43.1 Å². The van der Waals surface area contributed by atoms with Crippen LogP contribution >= 0.6 is 0 Å². The normalized spacial score (nSPS) is 19.9. The van der Waals surface area contributed by atoms with Crippen molar-refractivity contribution in [1.29, 1.82) is 5.26 Å². The number of nitrogens with zero attached hydrogens (tertiary/aromatic N) is 5. The first-order valence-corrected chi connectivity index (χ1v) is 7.86. The second-order valence-electron chi connectivity index (χ2n) is 6.72. The second-order valence-corrected chi connectivity index (χ2v) is 6.72. The standard InChI is InChI=1S/C16H16F4N6/c1-8-12(6-26(25-8)15(2,3)7-21)23-14-22-5-10(16(18,19)20)13(24-14)9-4-11(9)17/h5-6,9,11H,4H2,1-3H3,(H,22,23,24)/t9-,11-/m1/s1. The summed E-state index contributed by atoms with van der Waals surface area (Å²) in [6, 6.07) is 2.10. The Morgan fingerprint density at radius 1 is 1.35 bits per heavy atom. The molecule has 2 atom stereocenters. The van der Waals surface area contributed by atoms with Gasteiger partial charge in [-0.05, 0) is 27.2 Å². The van der Waals surface area contributed by atoms with Crippen molar-refractivity contribution < 1.29 is 17.6 Å². The Balaban J connectivity index is 1.93. The summed E-state index contributed by atoms with van der Waals surface area (Å²) in [7, 11) is 0. The lowest BCUT2D eigenvalue weighted by atomic mass is 10.1. The van der Waals surface area contributed by atoms with Crippen LogP contribution in [0.2, 0.25) is 0 Å². The molecular formula is C16H16F4N6. The van der Waals surface area contributed by atoms with Crippen LogP contribution < -0.4 is 5.32 Å². The molecule has 1 aliphatic rings. The van der Waals surface area contributed by atoms with Gasteiger partial charge in [0.25, 0.3) is 0 Å². The van der Waals surface area contributed by atoms with Gasteiger partial charge in [-0.15, -0.1) is 0 Å². The van der Waals surface area contributed by atoms with E-state index in [0.717, 1.165) is 0 Å². The summed E-state index contributed by atoms with van der Waals surface area (Å²) in [5.41, 5.74) is -1.29. The van der Waals surface area contributed by atoms with Crippen molar-refractivity contribution in [2.75, 3.05) is 5.32 Å². The maximum absolute atomic E-state index is 13.3. The number of nitriles is 1. The van der Waals surface area contributed by atoms with Crippen molar-refractivity contribution in [1.82, 2.24) is 19.7 Å². The number of hydrogen-bond acceptors (Lipinski definition) is 5. The molecule has 1 N–H and O–H groups in total. The fraction of sp³-hybridized carbons (Fsp3) is 0.500. The highest BCUT2D eigenvalue weighted by molar-refractivity contribution is 5.55. The molecule has 0 aliphatic heterocycles. The fourth-order valence-electron chi connectivity index (χ4n) is 2.44. The molecule has 0 unspecified atom stereocenters. The topological polar surface area (TPSA) is 79.4 Å². The molecule has 1 fully saturated rings. The molecule has 0 radical (unpaired) electrons. The molecule has 0 amide bonds. The Morgan fingerprint density at radius 3 is 2.54 bits per heavy atom. The summed E-state index contributed by atoms with van der Waals surface area (Å²) in [6.45, 7) is 5.02. The van der Waals surface area contributed by atoms with Crippen molar-refractivity contribution >= 4 is 11.6 Å². The zero-order valence-corrected chi connectivity index (χ0v) is 14.3. The van der Waals surface area contributed by atoms with Gasteiger partial charge in [-0.2, -0.15) is 23.5 Å². The van der Waals surface area contributed by atoms with Gasteiger partial charge in [0.1, 0.15) is 11.7 Å². The number of nitrogens with one attached hydrogen (secondary N) is 1. The summed E-state index contributed by atoms with van der Waals surface area (Å²) in [5.74, 6) is -0.943. The molecule has 138 valence electrons. The first kappa shape index (κ1) is 18.1. The summed E-state index contributed by atoms with van der Waals surface area (Å²) < 4.78 is 54.1. The van der Waals surface area contributed by atoms with E-state index in [2.05, 4.69) is 26.5 Å². The first-order chi connectivity index (χ1) is 12.0. The third-order valence-corrected chi connectivity index (χ3v) is 4.18. The minimum Gasteiger partial charge on any atom is -0.321 e. The van der Waals surface area contributed by atoms with Gasteiger partial charge in [-0.25, -0.2) is 14.4 Å². The van der Waals surface area contributed by atoms with Gasteiger partial charge in [0.05, 0.1) is 34.9 Å². The van der Waals surface area contributed by atoms with Gasteiger partial charge in [0.2, 0.25) is 5.95 Å². The van der Waals surface area contributed by atoms with Crippen molar-refractivity contribution in [3.05, 3.63) is 29.3 Å². The lowest BCUT2D eigenvalue weighted by molar-refractivity contribution is -0.138. The van der Waals surface area contributed by atoms with E-state index in [1.807, 2.05) is 0 Å². The molecule has 6 nitrogen and oxygen atoms in total. The average Bonchev–Trinajstić information content (AvgIpc) is 3.17. The van der Waals surface area contributed by atoms with Crippen molar-refractivity contribution in [2.24, 2.45) is 0 Å². The van der Waals surface area contributed by atoms with E-state index in [0.29, 0.717) is 17.6 Å². The molecule has 10 heteroatoms. The second kappa shape index (κ2) is 5.93. The molecule has 26 heavy (non-hydrogen) atoms. The quantitative estimate of drug-likeness (QED) is 0.830. The van der Waals surface area contributed by atoms with Crippen LogP contribution in [-0.4, -0.2) is 25.9 Å².